The summed E-state index contributed by atoms with van der Waals surface area (Å²) in [6, 6.07) is 4.76. The molecule has 1 rings (SSSR count). The molecule has 0 atom stereocenters. The maximum Gasteiger partial charge on any atom is 0.270 e. The van der Waals surface area contributed by atoms with E-state index in [1.54, 1.807) is 6.07 Å². The predicted octanol–water partition coefficient (Wildman–Crippen LogP) is 3.27. The molecule has 0 N–H and O–H groups in total. The first-order valence-corrected chi connectivity index (χ1v) is 5.09. The van der Waals surface area contributed by atoms with Crippen molar-refractivity contribution in [2.45, 2.75) is 19.3 Å². The summed E-state index contributed by atoms with van der Waals surface area (Å²) in [5, 5.41) is 10.7. The van der Waals surface area contributed by atoms with Crippen LogP contribution in [0.2, 0.25) is 0 Å². The molecule has 0 bridgehead atoms. The number of benzene rings is 1. The lowest BCUT2D eigenvalue weighted by atomic mass is 9.85. The summed E-state index contributed by atoms with van der Waals surface area (Å²) in [7, 11) is 0. The summed E-state index contributed by atoms with van der Waals surface area (Å²) >= 11 is 3.23. The number of nitro groups is 1. The number of nitrogens with zero attached hydrogens (tertiary/aromatic N) is 1. The third kappa shape index (κ3) is 2.57. The zero-order valence-corrected chi connectivity index (χ0v) is 10.0. The van der Waals surface area contributed by atoms with E-state index in [0.717, 1.165) is 5.56 Å². The molecule has 0 radical (unpaired) electrons. The van der Waals surface area contributed by atoms with Crippen molar-refractivity contribution in [3.63, 3.8) is 0 Å². The van der Waals surface area contributed by atoms with Gasteiger partial charge in [0.25, 0.3) is 5.69 Å². The van der Waals surface area contributed by atoms with Crippen LogP contribution >= 0.6 is 15.9 Å². The van der Waals surface area contributed by atoms with Crippen LogP contribution in [0.15, 0.2) is 22.7 Å². The summed E-state index contributed by atoms with van der Waals surface area (Å²) in [5.41, 5.74) is 0.294. The van der Waals surface area contributed by atoms with Crippen LogP contribution in [0.25, 0.3) is 0 Å². The lowest BCUT2D eigenvalue weighted by Gasteiger charge is -2.17. The van der Waals surface area contributed by atoms with Gasteiger partial charge in [0.15, 0.2) is 0 Å². The van der Waals surface area contributed by atoms with E-state index in [4.69, 9.17) is 6.42 Å². The first-order valence-electron chi connectivity index (χ1n) is 4.30. The molecule has 3 nitrogen and oxygen atoms in total. The smallest absolute Gasteiger partial charge is 0.258 e. The maximum absolute atomic E-state index is 10.7. The quantitative estimate of drug-likeness (QED) is 0.469. The van der Waals surface area contributed by atoms with E-state index >= 15 is 0 Å². The Hall–Kier alpha value is -1.34. The lowest BCUT2D eigenvalue weighted by molar-refractivity contribution is -0.385. The van der Waals surface area contributed by atoms with Crippen LogP contribution in [0.5, 0.6) is 0 Å². The van der Waals surface area contributed by atoms with Gasteiger partial charge in [-0.1, -0.05) is 21.9 Å². The molecule has 1 aromatic carbocycles. The van der Waals surface area contributed by atoms with Crippen molar-refractivity contribution in [3.05, 3.63) is 38.3 Å². The molecule has 0 amide bonds. The van der Waals surface area contributed by atoms with Gasteiger partial charge < -0.3 is 0 Å². The zero-order valence-electron chi connectivity index (χ0n) is 8.45. The monoisotopic (exact) mass is 267 g/mol. The molecule has 0 fully saturated rings. The topological polar surface area (TPSA) is 43.1 Å². The Morgan fingerprint density at radius 3 is 2.53 bits per heavy atom. The first-order chi connectivity index (χ1) is 6.86. The molecule has 0 aliphatic carbocycles. The molecule has 15 heavy (non-hydrogen) atoms. The van der Waals surface area contributed by atoms with E-state index < -0.39 is 10.3 Å². The van der Waals surface area contributed by atoms with E-state index in [1.165, 1.54) is 12.1 Å². The van der Waals surface area contributed by atoms with Crippen molar-refractivity contribution in [1.29, 1.82) is 0 Å². The van der Waals surface area contributed by atoms with Gasteiger partial charge in [0.1, 0.15) is 0 Å². The summed E-state index contributed by atoms with van der Waals surface area (Å²) < 4.78 is 0.662. The molecule has 0 saturated carbocycles. The highest BCUT2D eigenvalue weighted by atomic mass is 79.9. The van der Waals surface area contributed by atoms with Gasteiger partial charge in [0, 0.05) is 16.6 Å². The Labute approximate surface area is 96.8 Å². The van der Waals surface area contributed by atoms with Crippen LogP contribution < -0.4 is 0 Å². The molecule has 78 valence electrons. The van der Waals surface area contributed by atoms with Crippen LogP contribution in [0.4, 0.5) is 5.69 Å². The zero-order chi connectivity index (χ0) is 11.6. The van der Waals surface area contributed by atoms with Crippen molar-refractivity contribution in [2.75, 3.05) is 0 Å². The number of terminal acetylenes is 1. The van der Waals surface area contributed by atoms with Crippen LogP contribution in [0.3, 0.4) is 0 Å². The fraction of sp³-hybridized carbons (Fsp3) is 0.273. The van der Waals surface area contributed by atoms with Gasteiger partial charge in [0.05, 0.1) is 10.3 Å². The lowest BCUT2D eigenvalue weighted by Crippen LogP contribution is -2.14. The van der Waals surface area contributed by atoms with Crippen LogP contribution in [0, 0.1) is 22.5 Å². The van der Waals surface area contributed by atoms with Crippen molar-refractivity contribution in [1.82, 2.24) is 0 Å². The molecule has 4 heteroatoms. The van der Waals surface area contributed by atoms with E-state index in [2.05, 4.69) is 21.9 Å². The highest BCUT2D eigenvalue weighted by Gasteiger charge is 2.20. The van der Waals surface area contributed by atoms with Crippen LogP contribution in [0.1, 0.15) is 19.4 Å². The molecule has 0 heterocycles. The van der Waals surface area contributed by atoms with Gasteiger partial charge >= 0.3 is 0 Å². The Morgan fingerprint density at radius 1 is 1.47 bits per heavy atom. The third-order valence-electron chi connectivity index (χ3n) is 2.18. The summed E-state index contributed by atoms with van der Waals surface area (Å²) in [6.45, 7) is 3.69. The number of hydrogen-bond donors (Lipinski definition) is 0. The highest BCUT2D eigenvalue weighted by Crippen LogP contribution is 2.29. The summed E-state index contributed by atoms with van der Waals surface area (Å²) in [6.07, 6.45) is 5.38. The third-order valence-corrected chi connectivity index (χ3v) is 2.63. The van der Waals surface area contributed by atoms with Gasteiger partial charge in [-0.2, -0.15) is 0 Å². The second kappa shape index (κ2) is 4.03. The molecule has 0 spiro atoms. The minimum Gasteiger partial charge on any atom is -0.258 e. The molecule has 0 unspecified atom stereocenters. The van der Waals surface area contributed by atoms with Crippen molar-refractivity contribution < 1.29 is 4.92 Å². The molecule has 0 saturated heterocycles. The Kier molecular flexibility index (Phi) is 3.15. The number of non-ortho nitro benzene ring substituents is 1. The standard InChI is InChI=1S/C11H10BrNO2/c1-4-11(2,3)8-5-9(12)7-10(6-8)13(14)15/h1,5-7H,2-3H3. The minimum atomic E-state index is -0.505. The fourth-order valence-electron chi connectivity index (χ4n) is 1.12. The van der Waals surface area contributed by atoms with E-state index in [9.17, 15) is 10.1 Å². The Bertz CT molecular complexity index is 446. The average molecular weight is 268 g/mol. The second-order valence-electron chi connectivity index (χ2n) is 3.72. The van der Waals surface area contributed by atoms with Crippen LogP contribution in [-0.2, 0) is 5.41 Å². The molecule has 0 aliphatic heterocycles. The molecular weight excluding hydrogens is 258 g/mol. The highest BCUT2D eigenvalue weighted by molar-refractivity contribution is 9.10. The number of rotatable bonds is 2. The van der Waals surface area contributed by atoms with Gasteiger partial charge in [0.2, 0.25) is 0 Å². The van der Waals surface area contributed by atoms with Gasteiger partial charge in [-0.25, -0.2) is 0 Å². The average Bonchev–Trinajstić information content (AvgIpc) is 2.16. The second-order valence-corrected chi connectivity index (χ2v) is 4.64. The van der Waals surface area contributed by atoms with E-state index in [0.29, 0.717) is 4.47 Å². The summed E-state index contributed by atoms with van der Waals surface area (Å²) in [4.78, 5) is 10.2. The van der Waals surface area contributed by atoms with Crippen molar-refractivity contribution in [3.8, 4) is 12.3 Å². The normalized spacial score (nSPS) is 10.8. The fourth-order valence-corrected chi connectivity index (χ4v) is 1.60. The van der Waals surface area contributed by atoms with Gasteiger partial charge in [-0.3, -0.25) is 10.1 Å². The molecule has 0 aliphatic rings. The summed E-state index contributed by atoms with van der Waals surface area (Å²) in [5.74, 6) is 2.61. The minimum absolute atomic E-state index is 0.0442. The number of hydrogen-bond acceptors (Lipinski definition) is 2. The number of nitro benzene ring substituents is 1. The van der Waals surface area contributed by atoms with Gasteiger partial charge in [-0.15, -0.1) is 6.42 Å². The maximum atomic E-state index is 10.7. The first kappa shape index (κ1) is 11.7. The Balaban J connectivity index is 3.34. The SMILES string of the molecule is C#CC(C)(C)c1cc(Br)cc([N+](=O)[O-])c1. The van der Waals surface area contributed by atoms with Crippen molar-refractivity contribution in [2.24, 2.45) is 0 Å². The van der Waals surface area contributed by atoms with Gasteiger partial charge in [-0.05, 0) is 25.5 Å². The molecular formula is C11H10BrNO2. The van der Waals surface area contributed by atoms with Crippen LogP contribution in [-0.4, -0.2) is 4.92 Å². The van der Waals surface area contributed by atoms with Crippen molar-refractivity contribution >= 4 is 21.6 Å². The molecule has 1 aromatic rings. The predicted molar refractivity (Wildman–Crippen MR) is 62.7 cm³/mol. The number of halogens is 1. The largest absolute Gasteiger partial charge is 0.270 e. The Morgan fingerprint density at radius 2 is 2.07 bits per heavy atom. The molecule has 0 aromatic heterocycles. The van der Waals surface area contributed by atoms with E-state index in [1.807, 2.05) is 13.8 Å². The van der Waals surface area contributed by atoms with E-state index in [-0.39, 0.29) is 5.69 Å².